The molecule has 0 saturated carbocycles. The van der Waals surface area contributed by atoms with E-state index in [9.17, 15) is 18.0 Å². The van der Waals surface area contributed by atoms with Gasteiger partial charge in [-0.1, -0.05) is 35.3 Å². The Labute approximate surface area is 134 Å². The predicted octanol–water partition coefficient (Wildman–Crippen LogP) is 4.74. The lowest BCUT2D eigenvalue weighted by molar-refractivity contribution is -0.140. The normalized spacial score (nSPS) is 11.9. The second-order valence-electron chi connectivity index (χ2n) is 5.11. The number of nitrogens with zero attached hydrogens (tertiary/aromatic N) is 1. The van der Waals surface area contributed by atoms with Crippen molar-refractivity contribution in [1.29, 1.82) is 0 Å². The van der Waals surface area contributed by atoms with Crippen molar-refractivity contribution in [3.05, 3.63) is 34.4 Å². The zero-order valence-corrected chi connectivity index (χ0v) is 13.6. The average molecular weight is 377 g/mol. The molecule has 0 aliphatic heterocycles. The number of alkyl halides is 3. The summed E-state index contributed by atoms with van der Waals surface area (Å²) in [5, 5.41) is 0.786. The summed E-state index contributed by atoms with van der Waals surface area (Å²) in [6.07, 6.45) is -3.15. The number of carbonyl (C=O) groups excluding carboxylic acids is 1. The summed E-state index contributed by atoms with van der Waals surface area (Å²) < 4.78 is 38.8. The van der Waals surface area contributed by atoms with E-state index < -0.39 is 18.6 Å². The highest BCUT2D eigenvalue weighted by molar-refractivity contribution is 9.10. The van der Waals surface area contributed by atoms with Gasteiger partial charge >= 0.3 is 6.18 Å². The van der Waals surface area contributed by atoms with Crippen LogP contribution in [-0.4, -0.2) is 35.1 Å². The van der Waals surface area contributed by atoms with Crippen LogP contribution < -0.4 is 0 Å². The molecule has 0 aliphatic carbocycles. The summed E-state index contributed by atoms with van der Waals surface area (Å²) in [6, 6.07) is 6.98. The number of aromatic nitrogens is 1. The molecule has 2 rings (SSSR count). The van der Waals surface area contributed by atoms with Crippen LogP contribution in [0.1, 0.15) is 30.3 Å². The Morgan fingerprint density at radius 1 is 1.32 bits per heavy atom. The van der Waals surface area contributed by atoms with E-state index in [0.717, 1.165) is 21.2 Å². The minimum Gasteiger partial charge on any atom is -0.350 e. The molecular formula is C15H16BrF3N2O. The van der Waals surface area contributed by atoms with Crippen molar-refractivity contribution < 1.29 is 18.0 Å². The van der Waals surface area contributed by atoms with Gasteiger partial charge in [-0.15, -0.1) is 0 Å². The van der Waals surface area contributed by atoms with E-state index in [4.69, 9.17) is 0 Å². The van der Waals surface area contributed by atoms with Crippen LogP contribution >= 0.6 is 15.9 Å². The average Bonchev–Trinajstić information content (AvgIpc) is 2.84. The van der Waals surface area contributed by atoms with Gasteiger partial charge in [0.1, 0.15) is 12.2 Å². The Bertz CT molecular complexity index is 666. The van der Waals surface area contributed by atoms with Crippen molar-refractivity contribution in [3.8, 4) is 0 Å². The Hall–Kier alpha value is -1.50. The largest absolute Gasteiger partial charge is 0.406 e. The number of hydrogen-bond acceptors (Lipinski definition) is 1. The number of unbranched alkanes of at least 4 members (excludes halogenated alkanes) is 1. The number of fused-ring (bicyclic) bond motifs is 1. The van der Waals surface area contributed by atoms with Crippen LogP contribution in [0, 0.1) is 0 Å². The maximum Gasteiger partial charge on any atom is 0.406 e. The number of aromatic amines is 1. The molecule has 1 amide bonds. The molecule has 0 unspecified atom stereocenters. The van der Waals surface area contributed by atoms with Gasteiger partial charge in [-0.05, 0) is 24.6 Å². The zero-order chi connectivity index (χ0) is 16.3. The van der Waals surface area contributed by atoms with E-state index in [1.54, 1.807) is 18.2 Å². The smallest absolute Gasteiger partial charge is 0.350 e. The lowest BCUT2D eigenvalue weighted by atomic mass is 10.2. The first-order valence-corrected chi connectivity index (χ1v) is 7.74. The summed E-state index contributed by atoms with van der Waals surface area (Å²) in [4.78, 5) is 16.1. The van der Waals surface area contributed by atoms with E-state index in [-0.39, 0.29) is 12.2 Å². The SMILES string of the molecule is CCCCN(CC(F)(F)F)C(=O)c1cc2ccc(Br)cc2[nH]1. The summed E-state index contributed by atoms with van der Waals surface area (Å²) in [5.74, 6) is -0.627. The molecule has 0 spiro atoms. The number of amides is 1. The van der Waals surface area contributed by atoms with Gasteiger partial charge in [-0.2, -0.15) is 13.2 Å². The highest BCUT2D eigenvalue weighted by atomic mass is 79.9. The van der Waals surface area contributed by atoms with Gasteiger partial charge < -0.3 is 9.88 Å². The third kappa shape index (κ3) is 4.25. The quantitative estimate of drug-likeness (QED) is 0.803. The number of hydrogen-bond donors (Lipinski definition) is 1. The van der Waals surface area contributed by atoms with Crippen molar-refractivity contribution >= 4 is 32.7 Å². The molecule has 0 atom stereocenters. The second kappa shape index (κ2) is 6.73. The number of H-pyrrole nitrogens is 1. The lowest BCUT2D eigenvalue weighted by Crippen LogP contribution is -2.39. The molecule has 7 heteroatoms. The van der Waals surface area contributed by atoms with Gasteiger partial charge in [0, 0.05) is 21.9 Å². The molecule has 3 nitrogen and oxygen atoms in total. The minimum atomic E-state index is -4.40. The molecule has 2 aromatic rings. The van der Waals surface area contributed by atoms with Crippen LogP contribution in [0.2, 0.25) is 0 Å². The summed E-state index contributed by atoms with van der Waals surface area (Å²) in [7, 11) is 0. The first-order chi connectivity index (χ1) is 10.3. The van der Waals surface area contributed by atoms with Crippen LogP contribution in [0.5, 0.6) is 0 Å². The summed E-state index contributed by atoms with van der Waals surface area (Å²) >= 11 is 3.32. The molecule has 120 valence electrons. The van der Waals surface area contributed by atoms with Crippen molar-refractivity contribution in [2.45, 2.75) is 25.9 Å². The van der Waals surface area contributed by atoms with Crippen LogP contribution in [-0.2, 0) is 0 Å². The van der Waals surface area contributed by atoms with E-state index in [2.05, 4.69) is 20.9 Å². The maximum atomic E-state index is 12.7. The van der Waals surface area contributed by atoms with E-state index in [0.29, 0.717) is 11.9 Å². The van der Waals surface area contributed by atoms with Crippen molar-refractivity contribution in [1.82, 2.24) is 9.88 Å². The van der Waals surface area contributed by atoms with Crippen molar-refractivity contribution in [2.75, 3.05) is 13.1 Å². The number of benzene rings is 1. The van der Waals surface area contributed by atoms with Gasteiger partial charge in [0.25, 0.3) is 5.91 Å². The predicted molar refractivity (Wildman–Crippen MR) is 82.9 cm³/mol. The van der Waals surface area contributed by atoms with Gasteiger partial charge in [-0.3, -0.25) is 4.79 Å². The van der Waals surface area contributed by atoms with Gasteiger partial charge in [0.05, 0.1) is 0 Å². The summed E-state index contributed by atoms with van der Waals surface area (Å²) in [5.41, 5.74) is 0.883. The van der Waals surface area contributed by atoms with Gasteiger partial charge in [0.15, 0.2) is 0 Å². The third-order valence-electron chi connectivity index (χ3n) is 3.25. The molecule has 0 aliphatic rings. The molecule has 0 radical (unpaired) electrons. The molecule has 0 saturated heterocycles. The monoisotopic (exact) mass is 376 g/mol. The highest BCUT2D eigenvalue weighted by Crippen LogP contribution is 2.23. The second-order valence-corrected chi connectivity index (χ2v) is 6.03. The Balaban J connectivity index is 2.26. The topological polar surface area (TPSA) is 36.1 Å². The Morgan fingerprint density at radius 3 is 2.68 bits per heavy atom. The third-order valence-corrected chi connectivity index (χ3v) is 3.75. The molecule has 1 aromatic carbocycles. The number of halogens is 4. The zero-order valence-electron chi connectivity index (χ0n) is 12.0. The molecule has 0 bridgehead atoms. The Kier molecular flexibility index (Phi) is 5.16. The van der Waals surface area contributed by atoms with E-state index >= 15 is 0 Å². The van der Waals surface area contributed by atoms with Gasteiger partial charge in [-0.25, -0.2) is 0 Å². The molecule has 1 aromatic heterocycles. The fourth-order valence-corrected chi connectivity index (χ4v) is 2.56. The summed E-state index contributed by atoms with van der Waals surface area (Å²) in [6.45, 7) is 0.732. The molecule has 1 heterocycles. The standard InChI is InChI=1S/C15H16BrF3N2O/c1-2-3-6-21(9-15(17,18)19)14(22)13-7-10-4-5-11(16)8-12(10)20-13/h4-5,7-8,20H,2-3,6,9H2,1H3. The number of rotatable bonds is 5. The first-order valence-electron chi connectivity index (χ1n) is 6.94. The van der Waals surface area contributed by atoms with Crippen LogP contribution in [0.3, 0.4) is 0 Å². The lowest BCUT2D eigenvalue weighted by Gasteiger charge is -2.23. The molecule has 1 N–H and O–H groups in total. The van der Waals surface area contributed by atoms with Gasteiger partial charge in [0.2, 0.25) is 0 Å². The molecule has 22 heavy (non-hydrogen) atoms. The van der Waals surface area contributed by atoms with Crippen LogP contribution in [0.4, 0.5) is 13.2 Å². The Morgan fingerprint density at radius 2 is 2.05 bits per heavy atom. The fourth-order valence-electron chi connectivity index (χ4n) is 2.20. The number of carbonyl (C=O) groups is 1. The maximum absolute atomic E-state index is 12.7. The van der Waals surface area contributed by atoms with Crippen LogP contribution in [0.15, 0.2) is 28.7 Å². The highest BCUT2D eigenvalue weighted by Gasteiger charge is 2.33. The van der Waals surface area contributed by atoms with Crippen LogP contribution in [0.25, 0.3) is 10.9 Å². The fraction of sp³-hybridized carbons (Fsp3) is 0.400. The van der Waals surface area contributed by atoms with Crippen molar-refractivity contribution in [2.24, 2.45) is 0 Å². The molecule has 0 fully saturated rings. The molecular weight excluding hydrogens is 361 g/mol. The number of nitrogens with one attached hydrogen (secondary N) is 1. The minimum absolute atomic E-state index is 0.0912. The first kappa shape index (κ1) is 16.9. The van der Waals surface area contributed by atoms with E-state index in [1.165, 1.54) is 0 Å². The van der Waals surface area contributed by atoms with Crippen molar-refractivity contribution in [3.63, 3.8) is 0 Å². The van der Waals surface area contributed by atoms with E-state index in [1.807, 2.05) is 13.0 Å².